The van der Waals surface area contributed by atoms with Crippen LogP contribution in [-0.2, 0) is 6.54 Å². The van der Waals surface area contributed by atoms with Crippen molar-refractivity contribution in [2.75, 3.05) is 32.8 Å². The third-order valence-corrected chi connectivity index (χ3v) is 4.36. The lowest BCUT2D eigenvalue weighted by Gasteiger charge is -2.22. The number of halogens is 3. The van der Waals surface area contributed by atoms with Gasteiger partial charge in [-0.15, -0.1) is 24.8 Å². The van der Waals surface area contributed by atoms with Crippen LogP contribution in [0, 0.1) is 0 Å². The lowest BCUT2D eigenvalue weighted by Crippen LogP contribution is -2.29. The van der Waals surface area contributed by atoms with Crippen LogP contribution in [0.15, 0.2) is 18.2 Å². The van der Waals surface area contributed by atoms with Crippen LogP contribution < -0.4 is 10.1 Å². The molecule has 0 fully saturated rings. The standard InChI is InChI=1S/C20H35ClN2O.2ClH/c1-4-7-13-23(14-8-5-2)15-9-12-22-17-18-16-19(21)10-11-20(18)24-6-3;;/h10-11,16,22H,4-9,12-15,17H2,1-3H3;2*1H. The Labute approximate surface area is 178 Å². The van der Waals surface area contributed by atoms with Gasteiger partial charge in [0, 0.05) is 17.1 Å². The molecular weight excluding hydrogens is 391 g/mol. The largest absolute Gasteiger partial charge is 0.494 e. The van der Waals surface area contributed by atoms with Gasteiger partial charge in [-0.1, -0.05) is 38.3 Å². The van der Waals surface area contributed by atoms with Crippen molar-refractivity contribution in [3.8, 4) is 5.75 Å². The Morgan fingerprint density at radius 3 is 2.15 bits per heavy atom. The van der Waals surface area contributed by atoms with Gasteiger partial charge in [0.05, 0.1) is 6.61 Å². The molecule has 3 nitrogen and oxygen atoms in total. The van der Waals surface area contributed by atoms with E-state index in [0.29, 0.717) is 6.61 Å². The monoisotopic (exact) mass is 426 g/mol. The van der Waals surface area contributed by atoms with Gasteiger partial charge in [-0.2, -0.15) is 0 Å². The van der Waals surface area contributed by atoms with E-state index in [9.17, 15) is 0 Å². The molecule has 0 heterocycles. The fraction of sp³-hybridized carbons (Fsp3) is 0.700. The number of nitrogens with zero attached hydrogens (tertiary/aromatic N) is 1. The van der Waals surface area contributed by atoms with E-state index in [1.54, 1.807) is 0 Å². The van der Waals surface area contributed by atoms with E-state index in [1.807, 2.05) is 25.1 Å². The van der Waals surface area contributed by atoms with Gasteiger partial charge in [-0.05, 0) is 70.6 Å². The number of unbranched alkanes of at least 4 members (excludes halogenated alkanes) is 2. The van der Waals surface area contributed by atoms with Crippen LogP contribution in [0.4, 0.5) is 0 Å². The third kappa shape index (κ3) is 12.2. The summed E-state index contributed by atoms with van der Waals surface area (Å²) in [5.74, 6) is 0.932. The lowest BCUT2D eigenvalue weighted by atomic mass is 10.2. The van der Waals surface area contributed by atoms with Crippen molar-refractivity contribution in [2.45, 2.75) is 59.4 Å². The normalized spacial score (nSPS) is 10.3. The van der Waals surface area contributed by atoms with E-state index in [-0.39, 0.29) is 24.8 Å². The number of rotatable bonds is 14. The zero-order valence-corrected chi connectivity index (χ0v) is 18.9. The first kappa shape index (κ1) is 28.0. The molecule has 0 spiro atoms. The first-order chi connectivity index (χ1) is 11.7. The molecule has 0 radical (unpaired) electrons. The van der Waals surface area contributed by atoms with Crippen LogP contribution in [-0.4, -0.2) is 37.7 Å². The maximum Gasteiger partial charge on any atom is 0.123 e. The van der Waals surface area contributed by atoms with Crippen LogP contribution in [0.2, 0.25) is 5.02 Å². The van der Waals surface area contributed by atoms with Crippen molar-refractivity contribution in [2.24, 2.45) is 0 Å². The Morgan fingerprint density at radius 2 is 1.58 bits per heavy atom. The van der Waals surface area contributed by atoms with Crippen molar-refractivity contribution in [3.05, 3.63) is 28.8 Å². The molecule has 0 saturated heterocycles. The smallest absolute Gasteiger partial charge is 0.123 e. The Hall–Kier alpha value is -0.190. The highest BCUT2D eigenvalue weighted by atomic mass is 35.5. The van der Waals surface area contributed by atoms with Gasteiger partial charge in [0.2, 0.25) is 0 Å². The zero-order valence-electron chi connectivity index (χ0n) is 16.6. The van der Waals surface area contributed by atoms with Gasteiger partial charge in [0.1, 0.15) is 5.75 Å². The molecular formula is C20H37Cl3N2O. The fourth-order valence-corrected chi connectivity index (χ4v) is 2.93. The Morgan fingerprint density at radius 1 is 0.962 bits per heavy atom. The van der Waals surface area contributed by atoms with Gasteiger partial charge in [0.15, 0.2) is 0 Å². The van der Waals surface area contributed by atoms with Gasteiger partial charge >= 0.3 is 0 Å². The number of hydrogen-bond acceptors (Lipinski definition) is 3. The molecule has 1 N–H and O–H groups in total. The van der Waals surface area contributed by atoms with Crippen molar-refractivity contribution in [1.82, 2.24) is 10.2 Å². The summed E-state index contributed by atoms with van der Waals surface area (Å²) >= 11 is 6.11. The average Bonchev–Trinajstić information content (AvgIpc) is 2.58. The summed E-state index contributed by atoms with van der Waals surface area (Å²) in [5.41, 5.74) is 1.14. The molecule has 0 aromatic heterocycles. The molecule has 0 atom stereocenters. The summed E-state index contributed by atoms with van der Waals surface area (Å²) in [6.45, 7) is 12.7. The van der Waals surface area contributed by atoms with Gasteiger partial charge in [-0.3, -0.25) is 0 Å². The molecule has 0 unspecified atom stereocenters. The molecule has 0 saturated carbocycles. The first-order valence-electron chi connectivity index (χ1n) is 9.55. The number of nitrogens with one attached hydrogen (secondary N) is 1. The summed E-state index contributed by atoms with van der Waals surface area (Å²) < 4.78 is 5.67. The highest BCUT2D eigenvalue weighted by Gasteiger charge is 2.06. The van der Waals surface area contributed by atoms with E-state index in [0.717, 1.165) is 29.4 Å². The maximum absolute atomic E-state index is 6.11. The number of benzene rings is 1. The van der Waals surface area contributed by atoms with Crippen molar-refractivity contribution in [1.29, 1.82) is 0 Å². The van der Waals surface area contributed by atoms with Crippen LogP contribution in [0.1, 0.15) is 58.4 Å². The van der Waals surface area contributed by atoms with E-state index >= 15 is 0 Å². The van der Waals surface area contributed by atoms with Gasteiger partial charge in [-0.25, -0.2) is 0 Å². The van der Waals surface area contributed by atoms with Gasteiger partial charge in [0.25, 0.3) is 0 Å². The molecule has 6 heteroatoms. The summed E-state index contributed by atoms with van der Waals surface area (Å²) in [6.07, 6.45) is 6.33. The Kier molecular flexibility index (Phi) is 19.6. The molecule has 1 rings (SSSR count). The molecule has 0 aliphatic carbocycles. The van der Waals surface area contributed by atoms with E-state index in [4.69, 9.17) is 16.3 Å². The number of hydrogen-bond donors (Lipinski definition) is 1. The lowest BCUT2D eigenvalue weighted by molar-refractivity contribution is 0.261. The number of ether oxygens (including phenoxy) is 1. The molecule has 26 heavy (non-hydrogen) atoms. The predicted octanol–water partition coefficient (Wildman–Crippen LogP) is 5.96. The quantitative estimate of drug-likeness (QED) is 0.370. The summed E-state index contributed by atoms with van der Waals surface area (Å²) in [6, 6.07) is 5.84. The highest BCUT2D eigenvalue weighted by molar-refractivity contribution is 6.30. The fourth-order valence-electron chi connectivity index (χ4n) is 2.73. The second-order valence-electron chi connectivity index (χ2n) is 6.26. The molecule has 154 valence electrons. The van der Waals surface area contributed by atoms with Crippen molar-refractivity contribution >= 4 is 36.4 Å². The third-order valence-electron chi connectivity index (χ3n) is 4.12. The topological polar surface area (TPSA) is 24.5 Å². The second-order valence-corrected chi connectivity index (χ2v) is 6.70. The van der Waals surface area contributed by atoms with E-state index in [1.165, 1.54) is 51.7 Å². The van der Waals surface area contributed by atoms with Crippen molar-refractivity contribution < 1.29 is 4.74 Å². The van der Waals surface area contributed by atoms with Crippen molar-refractivity contribution in [3.63, 3.8) is 0 Å². The maximum atomic E-state index is 6.11. The van der Waals surface area contributed by atoms with Crippen LogP contribution in [0.3, 0.4) is 0 Å². The Balaban J connectivity index is 0. The molecule has 0 aliphatic heterocycles. The first-order valence-corrected chi connectivity index (χ1v) is 9.93. The average molecular weight is 428 g/mol. The second kappa shape index (κ2) is 18.2. The summed E-state index contributed by atoms with van der Waals surface area (Å²) in [7, 11) is 0. The van der Waals surface area contributed by atoms with Crippen LogP contribution >= 0.6 is 36.4 Å². The Bertz CT molecular complexity index is 439. The minimum Gasteiger partial charge on any atom is -0.494 e. The zero-order chi connectivity index (χ0) is 17.6. The van der Waals surface area contributed by atoms with Crippen LogP contribution in [0.5, 0.6) is 5.75 Å². The van der Waals surface area contributed by atoms with E-state index in [2.05, 4.69) is 24.1 Å². The molecule has 0 bridgehead atoms. The minimum absolute atomic E-state index is 0. The summed E-state index contributed by atoms with van der Waals surface area (Å²) in [4.78, 5) is 2.61. The molecule has 0 amide bonds. The molecule has 0 aliphatic rings. The van der Waals surface area contributed by atoms with Gasteiger partial charge < -0.3 is 15.0 Å². The summed E-state index contributed by atoms with van der Waals surface area (Å²) in [5, 5.41) is 4.29. The highest BCUT2D eigenvalue weighted by Crippen LogP contribution is 2.22. The predicted molar refractivity (Wildman–Crippen MR) is 120 cm³/mol. The minimum atomic E-state index is 0. The van der Waals surface area contributed by atoms with E-state index < -0.39 is 0 Å². The SMILES string of the molecule is CCCCN(CCCC)CCCNCc1cc(Cl)ccc1OCC.Cl.Cl. The van der Waals surface area contributed by atoms with Crippen LogP contribution in [0.25, 0.3) is 0 Å². The molecule has 1 aromatic rings. The molecule has 1 aromatic carbocycles.